The van der Waals surface area contributed by atoms with Gasteiger partial charge in [0.1, 0.15) is 24.7 Å². The number of nitrogens with zero attached hydrogens (tertiary/aromatic N) is 1. The Bertz CT molecular complexity index is 1280. The number of carbonyl (C=O) groups excluding carboxylic acids is 5. The van der Waals surface area contributed by atoms with E-state index in [0.717, 1.165) is 11.1 Å². The molecule has 2 aliphatic rings. The topological polar surface area (TPSA) is 146 Å². The molecule has 2 aromatic rings. The molecule has 0 aliphatic carbocycles. The molecule has 2 bridgehead atoms. The van der Waals surface area contributed by atoms with Gasteiger partial charge in [0.2, 0.25) is 23.6 Å². The first-order chi connectivity index (χ1) is 21.6. The zero-order valence-electron chi connectivity index (χ0n) is 26.8. The minimum Gasteiger partial charge on any atom is -0.372 e. The average Bonchev–Trinajstić information content (AvgIpc) is 3.02. The quantitative estimate of drug-likeness (QED) is 0.349. The third-order valence-electron chi connectivity index (χ3n) is 7.52. The van der Waals surface area contributed by atoms with E-state index in [2.05, 4.69) is 21.3 Å². The lowest BCUT2D eigenvalue weighted by Crippen LogP contribution is -2.57. The molecule has 11 nitrogen and oxygen atoms in total. The van der Waals surface area contributed by atoms with E-state index in [1.807, 2.05) is 51.1 Å². The monoisotopic (exact) mass is 621 g/mol. The maximum atomic E-state index is 13.7. The summed E-state index contributed by atoms with van der Waals surface area (Å²) in [5.74, 6) is -1.85. The fourth-order valence-corrected chi connectivity index (χ4v) is 5.00. The van der Waals surface area contributed by atoms with Gasteiger partial charge in [-0.05, 0) is 62.3 Å². The minimum absolute atomic E-state index is 0.0341. The predicted octanol–water partition coefficient (Wildman–Crippen LogP) is 2.34. The van der Waals surface area contributed by atoms with E-state index in [1.165, 1.54) is 0 Å². The van der Waals surface area contributed by atoms with Crippen molar-refractivity contribution in [3.8, 4) is 0 Å². The van der Waals surface area contributed by atoms with Crippen LogP contribution < -0.4 is 21.3 Å². The summed E-state index contributed by atoms with van der Waals surface area (Å²) in [6.45, 7) is 8.85. The number of carbonyl (C=O) groups is 5. The molecular weight excluding hydrogens is 574 g/mol. The van der Waals surface area contributed by atoms with Gasteiger partial charge in [-0.15, -0.1) is 0 Å². The number of benzene rings is 2. The van der Waals surface area contributed by atoms with Crippen molar-refractivity contribution in [3.05, 3.63) is 71.3 Å². The number of amides is 5. The van der Waals surface area contributed by atoms with Gasteiger partial charge in [-0.1, -0.05) is 56.3 Å². The molecule has 0 radical (unpaired) electrons. The van der Waals surface area contributed by atoms with Crippen molar-refractivity contribution in [1.29, 1.82) is 0 Å². The summed E-state index contributed by atoms with van der Waals surface area (Å²) < 4.78 is 5.35. The lowest BCUT2D eigenvalue weighted by molar-refractivity contribution is -0.136. The summed E-state index contributed by atoms with van der Waals surface area (Å²) in [5.41, 5.74) is 2.03. The van der Waals surface area contributed by atoms with Crippen LogP contribution in [0.3, 0.4) is 0 Å². The van der Waals surface area contributed by atoms with Gasteiger partial charge in [0.05, 0.1) is 0 Å². The summed E-state index contributed by atoms with van der Waals surface area (Å²) in [5, 5.41) is 11.3. The van der Waals surface area contributed by atoms with Crippen LogP contribution in [0.5, 0.6) is 0 Å². The highest BCUT2D eigenvalue weighted by molar-refractivity contribution is 5.99. The molecule has 5 amide bonds. The second kappa shape index (κ2) is 17.9. The van der Waals surface area contributed by atoms with E-state index in [0.29, 0.717) is 51.1 Å². The molecule has 2 heterocycles. The zero-order chi connectivity index (χ0) is 32.8. The molecule has 45 heavy (non-hydrogen) atoms. The highest BCUT2D eigenvalue weighted by Gasteiger charge is 2.29. The summed E-state index contributed by atoms with van der Waals surface area (Å²) in [6, 6.07) is 13.5. The number of hydrogen-bond donors (Lipinski definition) is 4. The van der Waals surface area contributed by atoms with E-state index >= 15 is 0 Å². The molecule has 3 atom stereocenters. The fraction of sp³-hybridized carbons (Fsp3) is 0.500. The summed E-state index contributed by atoms with van der Waals surface area (Å²) in [7, 11) is 0. The van der Waals surface area contributed by atoms with Crippen LogP contribution in [0.4, 0.5) is 0 Å². The molecule has 0 aromatic heterocycles. The Morgan fingerprint density at radius 3 is 2.24 bits per heavy atom. The molecule has 2 aliphatic heterocycles. The Morgan fingerprint density at radius 1 is 0.889 bits per heavy atom. The Kier molecular flexibility index (Phi) is 14.0. The Morgan fingerprint density at radius 2 is 1.58 bits per heavy atom. The largest absolute Gasteiger partial charge is 0.372 e. The molecule has 2 aromatic carbocycles. The van der Waals surface area contributed by atoms with Crippen LogP contribution >= 0.6 is 0 Å². The molecular formula is C34H47N5O6. The summed E-state index contributed by atoms with van der Waals surface area (Å²) in [4.78, 5) is 67.7. The molecule has 0 saturated heterocycles. The number of fused-ring (bicyclic) bond motifs is 18. The van der Waals surface area contributed by atoms with Crippen molar-refractivity contribution in [3.63, 3.8) is 0 Å². The normalized spacial score (nSPS) is 20.9. The van der Waals surface area contributed by atoms with Crippen LogP contribution in [0.15, 0.2) is 54.6 Å². The molecule has 0 saturated carbocycles. The second-order valence-electron chi connectivity index (χ2n) is 11.8. The Balaban J connectivity index is 1.90. The number of hydrogen-bond acceptors (Lipinski definition) is 6. The van der Waals surface area contributed by atoms with Crippen LogP contribution in [0.2, 0.25) is 0 Å². The van der Waals surface area contributed by atoms with Crippen molar-refractivity contribution in [2.75, 3.05) is 26.3 Å². The molecule has 0 fully saturated rings. The molecule has 11 heteroatoms. The van der Waals surface area contributed by atoms with Crippen molar-refractivity contribution in [2.45, 2.75) is 78.0 Å². The van der Waals surface area contributed by atoms with Gasteiger partial charge in [0.25, 0.3) is 5.91 Å². The van der Waals surface area contributed by atoms with Gasteiger partial charge in [-0.25, -0.2) is 0 Å². The first kappa shape index (κ1) is 35.2. The van der Waals surface area contributed by atoms with Gasteiger partial charge in [0, 0.05) is 38.2 Å². The third-order valence-corrected chi connectivity index (χ3v) is 7.52. The molecule has 0 unspecified atom stereocenters. The van der Waals surface area contributed by atoms with E-state index in [-0.39, 0.29) is 30.8 Å². The summed E-state index contributed by atoms with van der Waals surface area (Å²) in [6.07, 6.45) is 1.82. The van der Waals surface area contributed by atoms with Gasteiger partial charge >= 0.3 is 0 Å². The highest BCUT2D eigenvalue weighted by Crippen LogP contribution is 2.12. The van der Waals surface area contributed by atoms with Gasteiger partial charge in [-0.3, -0.25) is 24.0 Å². The van der Waals surface area contributed by atoms with Gasteiger partial charge < -0.3 is 30.9 Å². The van der Waals surface area contributed by atoms with E-state index in [9.17, 15) is 24.0 Å². The first-order valence-electron chi connectivity index (χ1n) is 15.7. The lowest BCUT2D eigenvalue weighted by atomic mass is 10.0. The first-order valence-corrected chi connectivity index (χ1v) is 15.7. The van der Waals surface area contributed by atoms with E-state index in [1.54, 1.807) is 36.1 Å². The number of nitrogens with one attached hydrogen (secondary N) is 4. The van der Waals surface area contributed by atoms with Crippen molar-refractivity contribution >= 4 is 29.5 Å². The Labute approximate surface area is 265 Å². The maximum Gasteiger partial charge on any atom is 0.251 e. The average molecular weight is 622 g/mol. The molecule has 0 spiro atoms. The zero-order valence-corrected chi connectivity index (χ0v) is 26.8. The molecule has 4 rings (SSSR count). The van der Waals surface area contributed by atoms with Crippen LogP contribution in [0.1, 0.15) is 68.4 Å². The second-order valence-corrected chi connectivity index (χ2v) is 11.8. The lowest BCUT2D eigenvalue weighted by Gasteiger charge is -2.25. The maximum absolute atomic E-state index is 13.7. The van der Waals surface area contributed by atoms with Crippen LogP contribution in [-0.4, -0.2) is 78.9 Å². The van der Waals surface area contributed by atoms with Crippen molar-refractivity contribution in [1.82, 2.24) is 26.2 Å². The number of rotatable bonds is 7. The predicted molar refractivity (Wildman–Crippen MR) is 171 cm³/mol. The van der Waals surface area contributed by atoms with Gasteiger partial charge in [-0.2, -0.15) is 0 Å². The van der Waals surface area contributed by atoms with Crippen molar-refractivity contribution in [2.24, 2.45) is 5.92 Å². The van der Waals surface area contributed by atoms with Crippen LogP contribution in [-0.2, 0) is 36.9 Å². The SMILES string of the molecule is CCOCC(=O)N1CCCCNC(=O)[C@@H](C)NC(=O)[C@H](CC(C)C)NC(=O)[C@@H](Cc2ccccc2)NC(=O)c2ccc(cc2)C1. The Hall–Kier alpha value is -4.25. The third kappa shape index (κ3) is 11.6. The van der Waals surface area contributed by atoms with Crippen LogP contribution in [0.25, 0.3) is 0 Å². The molecule has 4 N–H and O–H groups in total. The van der Waals surface area contributed by atoms with E-state index < -0.39 is 35.8 Å². The van der Waals surface area contributed by atoms with Gasteiger partial charge in [0.15, 0.2) is 0 Å². The number of ether oxygens (including phenoxy) is 1. The van der Waals surface area contributed by atoms with Crippen molar-refractivity contribution < 1.29 is 28.7 Å². The van der Waals surface area contributed by atoms with E-state index in [4.69, 9.17) is 4.74 Å². The minimum atomic E-state index is -0.969. The highest BCUT2D eigenvalue weighted by atomic mass is 16.5. The van der Waals surface area contributed by atoms with Crippen LogP contribution in [0, 0.1) is 5.92 Å². The molecule has 244 valence electrons. The standard InChI is InChI=1S/C34H47N5O6/c1-5-45-22-30(40)39-18-10-9-17-35-31(41)24(4)36-33(43)28(19-23(2)3)38-34(44)29(20-25-11-7-6-8-12-25)37-32(42)27-15-13-26(21-39)14-16-27/h6-8,11-16,23-24,28-29H,5,9-10,17-22H2,1-4H3,(H,35,41)(H,36,43)(H,37,42)(H,38,44)/t24-,28+,29-/m1/s1. The smallest absolute Gasteiger partial charge is 0.251 e. The fourth-order valence-electron chi connectivity index (χ4n) is 5.00. The summed E-state index contributed by atoms with van der Waals surface area (Å²) >= 11 is 0.